The maximum absolute atomic E-state index is 12.2. The van der Waals surface area contributed by atoms with E-state index in [0.717, 1.165) is 5.56 Å². The highest BCUT2D eigenvalue weighted by atomic mass is 16.3. The van der Waals surface area contributed by atoms with Gasteiger partial charge in [-0.05, 0) is 42.5 Å². The molecule has 0 saturated carbocycles. The Morgan fingerprint density at radius 2 is 2.10 bits per heavy atom. The molecule has 1 unspecified atom stereocenters. The van der Waals surface area contributed by atoms with Gasteiger partial charge >= 0.3 is 0 Å². The largest absolute Gasteiger partial charge is 0.394 e. The Kier molecular flexibility index (Phi) is 5.29. The van der Waals surface area contributed by atoms with Gasteiger partial charge in [0.25, 0.3) is 5.91 Å². The molecule has 0 aliphatic rings. The monoisotopic (exact) mass is 274 g/mol. The lowest BCUT2D eigenvalue weighted by molar-refractivity contribution is 0.0897. The minimum absolute atomic E-state index is 0.0282. The van der Waals surface area contributed by atoms with Gasteiger partial charge in [-0.25, -0.2) is 0 Å². The topological polar surface area (TPSA) is 73.1 Å². The summed E-state index contributed by atoms with van der Waals surface area (Å²) in [5.41, 5.74) is 1.86. The van der Waals surface area contributed by atoms with Crippen molar-refractivity contribution in [3.63, 3.8) is 0 Å². The lowest BCUT2D eigenvalue weighted by Crippen LogP contribution is -2.40. The quantitative estimate of drug-likeness (QED) is 0.885. The van der Waals surface area contributed by atoms with Gasteiger partial charge in [0, 0.05) is 5.56 Å². The van der Waals surface area contributed by atoms with Crippen molar-refractivity contribution in [3.8, 4) is 6.07 Å². The second-order valence-electron chi connectivity index (χ2n) is 6.26. The number of hydrogen-bond acceptors (Lipinski definition) is 3. The molecule has 0 aliphatic carbocycles. The third-order valence-corrected chi connectivity index (χ3v) is 3.01. The van der Waals surface area contributed by atoms with E-state index in [1.54, 1.807) is 25.1 Å². The lowest BCUT2D eigenvalue weighted by atomic mass is 9.88. The zero-order chi connectivity index (χ0) is 15.3. The van der Waals surface area contributed by atoms with Crippen LogP contribution in [0.5, 0.6) is 0 Å². The average Bonchev–Trinajstić information content (AvgIpc) is 2.35. The van der Waals surface area contributed by atoms with E-state index in [0.29, 0.717) is 17.5 Å². The molecule has 0 heterocycles. The molecule has 1 atom stereocenters. The van der Waals surface area contributed by atoms with Gasteiger partial charge in [-0.2, -0.15) is 5.26 Å². The van der Waals surface area contributed by atoms with E-state index in [4.69, 9.17) is 5.26 Å². The van der Waals surface area contributed by atoms with Crippen LogP contribution in [0, 0.1) is 23.7 Å². The van der Waals surface area contributed by atoms with E-state index in [1.807, 2.05) is 6.07 Å². The van der Waals surface area contributed by atoms with Crippen molar-refractivity contribution in [2.75, 3.05) is 6.61 Å². The van der Waals surface area contributed by atoms with Gasteiger partial charge in [0.05, 0.1) is 24.3 Å². The van der Waals surface area contributed by atoms with Crippen LogP contribution in [-0.2, 0) is 0 Å². The van der Waals surface area contributed by atoms with Gasteiger partial charge in [0.2, 0.25) is 0 Å². The summed E-state index contributed by atoms with van der Waals surface area (Å²) in [6.07, 6.45) is 0.699. The minimum Gasteiger partial charge on any atom is -0.394 e. The van der Waals surface area contributed by atoms with Crippen LogP contribution in [0.15, 0.2) is 18.2 Å². The number of nitrogens with zero attached hydrogens (tertiary/aromatic N) is 1. The van der Waals surface area contributed by atoms with Crippen molar-refractivity contribution in [2.45, 2.75) is 40.2 Å². The Labute approximate surface area is 120 Å². The first kappa shape index (κ1) is 16.2. The molecule has 108 valence electrons. The van der Waals surface area contributed by atoms with Gasteiger partial charge < -0.3 is 10.4 Å². The molecular weight excluding hydrogens is 252 g/mol. The number of carbonyl (C=O) groups is 1. The first-order valence-corrected chi connectivity index (χ1v) is 6.69. The van der Waals surface area contributed by atoms with E-state index in [2.05, 4.69) is 26.1 Å². The molecule has 1 rings (SSSR count). The Hall–Kier alpha value is -1.86. The zero-order valence-corrected chi connectivity index (χ0v) is 12.5. The molecule has 2 N–H and O–H groups in total. The second-order valence-corrected chi connectivity index (χ2v) is 6.26. The van der Waals surface area contributed by atoms with Crippen LogP contribution in [-0.4, -0.2) is 23.7 Å². The molecule has 0 fully saturated rings. The molecule has 20 heavy (non-hydrogen) atoms. The summed E-state index contributed by atoms with van der Waals surface area (Å²) in [4.78, 5) is 12.2. The van der Waals surface area contributed by atoms with Gasteiger partial charge in [0.15, 0.2) is 0 Å². The molecule has 0 bridgehead atoms. The number of aliphatic hydroxyl groups is 1. The van der Waals surface area contributed by atoms with Gasteiger partial charge in [-0.1, -0.05) is 20.8 Å². The predicted molar refractivity (Wildman–Crippen MR) is 78.3 cm³/mol. The van der Waals surface area contributed by atoms with Gasteiger partial charge in [0.1, 0.15) is 0 Å². The number of hydrogen-bond donors (Lipinski definition) is 2. The van der Waals surface area contributed by atoms with E-state index < -0.39 is 0 Å². The van der Waals surface area contributed by atoms with Crippen molar-refractivity contribution in [3.05, 3.63) is 34.9 Å². The second kappa shape index (κ2) is 6.53. The molecule has 0 aromatic heterocycles. The van der Waals surface area contributed by atoms with E-state index >= 15 is 0 Å². The number of aryl methyl sites for hydroxylation is 1. The summed E-state index contributed by atoms with van der Waals surface area (Å²) in [6, 6.07) is 6.74. The zero-order valence-electron chi connectivity index (χ0n) is 12.5. The van der Waals surface area contributed by atoms with Crippen LogP contribution in [0.3, 0.4) is 0 Å². The normalized spacial score (nSPS) is 12.6. The minimum atomic E-state index is -0.266. The molecule has 1 aromatic carbocycles. The summed E-state index contributed by atoms with van der Waals surface area (Å²) in [5.74, 6) is -0.213. The first-order chi connectivity index (χ1) is 9.26. The van der Waals surface area contributed by atoms with Crippen molar-refractivity contribution < 1.29 is 9.90 Å². The molecule has 1 aromatic rings. The number of benzene rings is 1. The van der Waals surface area contributed by atoms with Gasteiger partial charge in [-0.3, -0.25) is 4.79 Å². The third kappa shape index (κ3) is 4.67. The number of amides is 1. The molecule has 4 nitrogen and oxygen atoms in total. The molecule has 0 spiro atoms. The maximum Gasteiger partial charge on any atom is 0.251 e. The molecular formula is C16H22N2O2. The fraction of sp³-hybridized carbons (Fsp3) is 0.500. The van der Waals surface area contributed by atoms with Crippen molar-refractivity contribution >= 4 is 5.91 Å². The number of rotatable bonds is 4. The van der Waals surface area contributed by atoms with Crippen molar-refractivity contribution in [1.82, 2.24) is 5.32 Å². The molecule has 0 saturated heterocycles. The summed E-state index contributed by atoms with van der Waals surface area (Å²) in [7, 11) is 0. The average molecular weight is 274 g/mol. The first-order valence-electron chi connectivity index (χ1n) is 6.69. The molecule has 4 heteroatoms. The van der Waals surface area contributed by atoms with Crippen LogP contribution in [0.4, 0.5) is 0 Å². The van der Waals surface area contributed by atoms with Crippen LogP contribution in [0.1, 0.15) is 48.7 Å². The Morgan fingerprint density at radius 1 is 1.45 bits per heavy atom. The summed E-state index contributed by atoms with van der Waals surface area (Å²) >= 11 is 0. The van der Waals surface area contributed by atoms with Crippen LogP contribution < -0.4 is 5.32 Å². The predicted octanol–water partition coefficient (Wildman–Crippen LogP) is 2.39. The molecule has 1 amide bonds. The van der Waals surface area contributed by atoms with Gasteiger partial charge in [-0.15, -0.1) is 0 Å². The number of carbonyl (C=O) groups excluding carboxylic acids is 1. The Bertz CT molecular complexity index is 524. The van der Waals surface area contributed by atoms with E-state index in [-0.39, 0.29) is 24.0 Å². The molecule has 0 aliphatic heterocycles. The Balaban J connectivity index is 2.83. The fourth-order valence-electron chi connectivity index (χ4n) is 2.15. The molecule has 0 radical (unpaired) electrons. The lowest BCUT2D eigenvalue weighted by Gasteiger charge is -2.25. The van der Waals surface area contributed by atoms with E-state index in [9.17, 15) is 9.90 Å². The van der Waals surface area contributed by atoms with Crippen LogP contribution >= 0.6 is 0 Å². The highest BCUT2D eigenvalue weighted by Gasteiger charge is 2.21. The van der Waals surface area contributed by atoms with Crippen molar-refractivity contribution in [1.29, 1.82) is 5.26 Å². The summed E-state index contributed by atoms with van der Waals surface area (Å²) in [6.45, 7) is 7.91. The number of nitrogens with one attached hydrogen (secondary N) is 1. The van der Waals surface area contributed by atoms with E-state index in [1.165, 1.54) is 0 Å². The SMILES string of the molecule is Cc1cc(C#N)ccc1C(=O)NC(CO)CC(C)(C)C. The van der Waals surface area contributed by atoms with Crippen LogP contribution in [0.25, 0.3) is 0 Å². The fourth-order valence-corrected chi connectivity index (χ4v) is 2.15. The maximum atomic E-state index is 12.2. The number of aliphatic hydroxyl groups excluding tert-OH is 1. The van der Waals surface area contributed by atoms with Crippen LogP contribution in [0.2, 0.25) is 0 Å². The smallest absolute Gasteiger partial charge is 0.251 e. The third-order valence-electron chi connectivity index (χ3n) is 3.01. The summed E-state index contributed by atoms with van der Waals surface area (Å²) < 4.78 is 0. The highest BCUT2D eigenvalue weighted by molar-refractivity contribution is 5.95. The Morgan fingerprint density at radius 3 is 2.55 bits per heavy atom. The standard InChI is InChI=1S/C16H22N2O2/c1-11-7-12(9-17)5-6-14(11)15(20)18-13(10-19)8-16(2,3)4/h5-7,13,19H,8,10H2,1-4H3,(H,18,20). The number of nitriles is 1. The highest BCUT2D eigenvalue weighted by Crippen LogP contribution is 2.21. The van der Waals surface area contributed by atoms with Crippen molar-refractivity contribution in [2.24, 2.45) is 5.41 Å². The summed E-state index contributed by atoms with van der Waals surface area (Å²) in [5, 5.41) is 21.0.